The first-order valence-electron chi connectivity index (χ1n) is 7.88. The minimum Gasteiger partial charge on any atom is -0.333 e. The number of nitrogens with zero attached hydrogens (tertiary/aromatic N) is 1. The molecular formula is C19H19BrClNO. The SMILES string of the molecule is CC(Cc1ccc(Cl)cc1)N(C(=O)c1ccccc1Br)C1CC1. The highest BCUT2D eigenvalue weighted by atomic mass is 79.9. The third-order valence-electron chi connectivity index (χ3n) is 4.20. The molecular weight excluding hydrogens is 374 g/mol. The Hall–Kier alpha value is -1.32. The Kier molecular flexibility index (Phi) is 5.08. The molecule has 120 valence electrons. The molecule has 0 spiro atoms. The van der Waals surface area contributed by atoms with Gasteiger partial charge in [-0.1, -0.05) is 35.9 Å². The van der Waals surface area contributed by atoms with Crippen LogP contribution in [0.5, 0.6) is 0 Å². The summed E-state index contributed by atoms with van der Waals surface area (Å²) in [6.07, 6.45) is 3.03. The van der Waals surface area contributed by atoms with Gasteiger partial charge >= 0.3 is 0 Å². The maximum absolute atomic E-state index is 13.0. The van der Waals surface area contributed by atoms with E-state index in [1.807, 2.05) is 48.5 Å². The molecule has 1 amide bonds. The highest BCUT2D eigenvalue weighted by Crippen LogP contribution is 2.32. The molecule has 0 radical (unpaired) electrons. The molecule has 1 atom stereocenters. The third-order valence-corrected chi connectivity index (χ3v) is 5.14. The largest absolute Gasteiger partial charge is 0.333 e. The van der Waals surface area contributed by atoms with Crippen molar-refractivity contribution in [3.8, 4) is 0 Å². The summed E-state index contributed by atoms with van der Waals surface area (Å²) in [7, 11) is 0. The van der Waals surface area contributed by atoms with Crippen molar-refractivity contribution in [2.24, 2.45) is 0 Å². The summed E-state index contributed by atoms with van der Waals surface area (Å²) in [5, 5.41) is 0.741. The minimum absolute atomic E-state index is 0.112. The zero-order valence-electron chi connectivity index (χ0n) is 13.0. The van der Waals surface area contributed by atoms with Gasteiger partial charge in [0.1, 0.15) is 0 Å². The van der Waals surface area contributed by atoms with Crippen LogP contribution in [0, 0.1) is 0 Å². The highest BCUT2D eigenvalue weighted by Gasteiger charge is 2.36. The molecule has 2 aromatic rings. The summed E-state index contributed by atoms with van der Waals surface area (Å²) >= 11 is 9.45. The Morgan fingerprint density at radius 1 is 1.22 bits per heavy atom. The van der Waals surface area contributed by atoms with Gasteiger partial charge in [0.2, 0.25) is 0 Å². The molecule has 0 saturated heterocycles. The van der Waals surface area contributed by atoms with Gasteiger partial charge in [-0.2, -0.15) is 0 Å². The first-order valence-corrected chi connectivity index (χ1v) is 9.05. The second-order valence-corrected chi connectivity index (χ2v) is 7.39. The lowest BCUT2D eigenvalue weighted by Gasteiger charge is -2.30. The predicted octanol–water partition coefficient (Wildman–Crippen LogP) is 5.34. The first kappa shape index (κ1) is 16.5. The molecule has 0 bridgehead atoms. The van der Waals surface area contributed by atoms with Crippen LogP contribution in [0.4, 0.5) is 0 Å². The van der Waals surface area contributed by atoms with Gasteiger partial charge in [0, 0.05) is 21.6 Å². The van der Waals surface area contributed by atoms with E-state index in [0.717, 1.165) is 34.3 Å². The number of halogens is 2. The molecule has 0 aliphatic heterocycles. The molecule has 4 heteroatoms. The smallest absolute Gasteiger partial charge is 0.255 e. The molecule has 0 N–H and O–H groups in total. The van der Waals surface area contributed by atoms with E-state index in [-0.39, 0.29) is 11.9 Å². The maximum atomic E-state index is 13.0. The lowest BCUT2D eigenvalue weighted by molar-refractivity contribution is 0.0674. The second kappa shape index (κ2) is 7.06. The number of benzene rings is 2. The van der Waals surface area contributed by atoms with Gasteiger partial charge in [0.05, 0.1) is 5.56 Å². The van der Waals surface area contributed by atoms with Gasteiger partial charge in [0.15, 0.2) is 0 Å². The molecule has 23 heavy (non-hydrogen) atoms. The van der Waals surface area contributed by atoms with Crippen LogP contribution in [0.2, 0.25) is 5.02 Å². The van der Waals surface area contributed by atoms with Crippen LogP contribution in [-0.4, -0.2) is 22.9 Å². The predicted molar refractivity (Wildman–Crippen MR) is 98.0 cm³/mol. The molecule has 0 aromatic heterocycles. The van der Waals surface area contributed by atoms with Crippen molar-refractivity contribution in [2.45, 2.75) is 38.3 Å². The summed E-state index contributed by atoms with van der Waals surface area (Å²) < 4.78 is 0.856. The molecule has 2 aromatic carbocycles. The first-order chi connectivity index (χ1) is 11.1. The Morgan fingerprint density at radius 2 is 1.87 bits per heavy atom. The fraction of sp³-hybridized carbons (Fsp3) is 0.316. The second-order valence-electron chi connectivity index (χ2n) is 6.10. The van der Waals surface area contributed by atoms with E-state index in [9.17, 15) is 4.79 Å². The average Bonchev–Trinajstić information content (AvgIpc) is 3.35. The third kappa shape index (κ3) is 3.96. The highest BCUT2D eigenvalue weighted by molar-refractivity contribution is 9.10. The lowest BCUT2D eigenvalue weighted by atomic mass is 10.0. The topological polar surface area (TPSA) is 20.3 Å². The van der Waals surface area contributed by atoms with Crippen molar-refractivity contribution in [1.29, 1.82) is 0 Å². The Balaban J connectivity index is 1.79. The zero-order valence-corrected chi connectivity index (χ0v) is 15.3. The van der Waals surface area contributed by atoms with E-state index in [1.54, 1.807) is 0 Å². The normalized spacial score (nSPS) is 15.3. The van der Waals surface area contributed by atoms with E-state index >= 15 is 0 Å². The van der Waals surface area contributed by atoms with E-state index in [4.69, 9.17) is 11.6 Å². The van der Waals surface area contributed by atoms with Crippen molar-refractivity contribution in [2.75, 3.05) is 0 Å². The fourth-order valence-corrected chi connectivity index (χ4v) is 3.49. The van der Waals surface area contributed by atoms with Crippen molar-refractivity contribution in [1.82, 2.24) is 4.90 Å². The van der Waals surface area contributed by atoms with Crippen LogP contribution in [0.25, 0.3) is 0 Å². The zero-order chi connectivity index (χ0) is 16.4. The summed E-state index contributed by atoms with van der Waals surface area (Å²) in [5.41, 5.74) is 1.94. The minimum atomic E-state index is 0.112. The number of carbonyl (C=O) groups is 1. The average molecular weight is 393 g/mol. The monoisotopic (exact) mass is 391 g/mol. The lowest BCUT2D eigenvalue weighted by Crippen LogP contribution is -2.41. The molecule has 2 nitrogen and oxygen atoms in total. The van der Waals surface area contributed by atoms with Crippen LogP contribution >= 0.6 is 27.5 Å². The molecule has 3 rings (SSSR count). The van der Waals surface area contributed by atoms with Gasteiger partial charge in [-0.3, -0.25) is 4.79 Å². The van der Waals surface area contributed by atoms with E-state index in [1.165, 1.54) is 5.56 Å². The van der Waals surface area contributed by atoms with Gasteiger partial charge in [0.25, 0.3) is 5.91 Å². The number of hydrogen-bond acceptors (Lipinski definition) is 1. The number of hydrogen-bond donors (Lipinski definition) is 0. The van der Waals surface area contributed by atoms with Crippen LogP contribution in [0.15, 0.2) is 53.0 Å². The summed E-state index contributed by atoms with van der Waals surface area (Å²) in [6, 6.07) is 16.0. The van der Waals surface area contributed by atoms with Crippen LogP contribution < -0.4 is 0 Å². The van der Waals surface area contributed by atoms with Gasteiger partial charge in [-0.05, 0) is 71.9 Å². The van der Waals surface area contributed by atoms with Crippen LogP contribution in [0.1, 0.15) is 35.7 Å². The van der Waals surface area contributed by atoms with Crippen molar-refractivity contribution in [3.05, 3.63) is 69.2 Å². The molecule has 1 saturated carbocycles. The van der Waals surface area contributed by atoms with Gasteiger partial charge < -0.3 is 4.90 Å². The Labute approximate surface area is 150 Å². The van der Waals surface area contributed by atoms with Gasteiger partial charge in [-0.25, -0.2) is 0 Å². The number of amides is 1. The van der Waals surface area contributed by atoms with Crippen molar-refractivity contribution >= 4 is 33.4 Å². The fourth-order valence-electron chi connectivity index (χ4n) is 2.91. The Morgan fingerprint density at radius 3 is 2.48 bits per heavy atom. The van der Waals surface area contributed by atoms with E-state index in [2.05, 4.69) is 27.8 Å². The summed E-state index contributed by atoms with van der Waals surface area (Å²) in [5.74, 6) is 0.112. The van der Waals surface area contributed by atoms with Crippen molar-refractivity contribution in [3.63, 3.8) is 0 Å². The molecule has 1 unspecified atom stereocenters. The van der Waals surface area contributed by atoms with E-state index in [0.29, 0.717) is 6.04 Å². The van der Waals surface area contributed by atoms with E-state index < -0.39 is 0 Å². The molecule has 1 aliphatic carbocycles. The Bertz CT molecular complexity index is 697. The molecule has 0 heterocycles. The molecule has 1 aliphatic rings. The number of rotatable bonds is 5. The van der Waals surface area contributed by atoms with Gasteiger partial charge in [-0.15, -0.1) is 0 Å². The maximum Gasteiger partial charge on any atom is 0.255 e. The standard InChI is InChI=1S/C19H19BrClNO/c1-13(12-14-6-8-15(21)9-7-14)22(16-10-11-16)19(23)17-4-2-3-5-18(17)20/h2-9,13,16H,10-12H2,1H3. The van der Waals surface area contributed by atoms with Crippen LogP contribution in [-0.2, 0) is 6.42 Å². The summed E-state index contributed by atoms with van der Waals surface area (Å²) in [6.45, 7) is 2.13. The van der Waals surface area contributed by atoms with Crippen LogP contribution in [0.3, 0.4) is 0 Å². The number of carbonyl (C=O) groups excluding carboxylic acids is 1. The van der Waals surface area contributed by atoms with Crippen molar-refractivity contribution < 1.29 is 4.79 Å². The molecule has 1 fully saturated rings. The quantitative estimate of drug-likeness (QED) is 0.672. The summed E-state index contributed by atoms with van der Waals surface area (Å²) in [4.78, 5) is 15.1.